The number of nitrogens with one attached hydrogen (secondary N) is 1. The second-order valence-electron chi connectivity index (χ2n) is 5.32. The quantitative estimate of drug-likeness (QED) is 0.442. The van der Waals surface area contributed by atoms with Gasteiger partial charge in [0.2, 0.25) is 0 Å². The summed E-state index contributed by atoms with van der Waals surface area (Å²) in [6.07, 6.45) is 0. The normalized spacial score (nSPS) is 11.0. The Morgan fingerprint density at radius 1 is 1.12 bits per heavy atom. The van der Waals surface area contributed by atoms with Crippen LogP contribution in [0, 0.1) is 6.92 Å². The van der Waals surface area contributed by atoms with Crippen molar-refractivity contribution in [3.63, 3.8) is 0 Å². The molecule has 3 N–H and O–H groups in total. The third-order valence-corrected chi connectivity index (χ3v) is 5.28. The van der Waals surface area contributed by atoms with Crippen molar-refractivity contribution in [3.8, 4) is 5.75 Å². The van der Waals surface area contributed by atoms with Crippen LogP contribution < -0.4 is 20.3 Å². The summed E-state index contributed by atoms with van der Waals surface area (Å²) in [5.74, 6) is 5.08. The van der Waals surface area contributed by atoms with E-state index < -0.39 is 22.5 Å². The summed E-state index contributed by atoms with van der Waals surface area (Å²) in [7, 11) is -3.94. The van der Waals surface area contributed by atoms with E-state index in [1.165, 1.54) is 12.1 Å². The van der Waals surface area contributed by atoms with Crippen molar-refractivity contribution < 1.29 is 17.9 Å². The zero-order chi connectivity index (χ0) is 18.4. The monoisotopic (exact) mass is 363 g/mol. The highest BCUT2D eigenvalue weighted by molar-refractivity contribution is 7.92. The molecule has 0 bridgehead atoms. The van der Waals surface area contributed by atoms with Gasteiger partial charge in [0.15, 0.2) is 0 Å². The molecule has 0 aliphatic carbocycles. The number of nitrogens with two attached hydrogens (primary N) is 1. The Morgan fingerprint density at radius 2 is 1.72 bits per heavy atom. The summed E-state index contributed by atoms with van der Waals surface area (Å²) in [5, 5.41) is 0. The van der Waals surface area contributed by atoms with Gasteiger partial charge in [-0.3, -0.25) is 14.5 Å². The molecule has 7 nitrogen and oxygen atoms in total. The molecule has 2 aromatic rings. The first-order valence-corrected chi connectivity index (χ1v) is 9.14. The minimum absolute atomic E-state index is 0.0568. The van der Waals surface area contributed by atoms with Crippen molar-refractivity contribution in [1.82, 2.24) is 5.43 Å². The van der Waals surface area contributed by atoms with Gasteiger partial charge in [-0.15, -0.1) is 0 Å². The number of hydrogen-bond acceptors (Lipinski definition) is 5. The second kappa shape index (κ2) is 8.00. The van der Waals surface area contributed by atoms with E-state index in [1.807, 2.05) is 19.3 Å². The predicted octanol–water partition coefficient (Wildman–Crippen LogP) is 1.58. The number of amides is 1. The summed E-state index contributed by atoms with van der Waals surface area (Å²) < 4.78 is 32.3. The van der Waals surface area contributed by atoms with Crippen molar-refractivity contribution in [2.24, 2.45) is 5.84 Å². The lowest BCUT2D eigenvalue weighted by molar-refractivity contribution is -0.119. The number of carbonyl (C=O) groups is 1. The maximum absolute atomic E-state index is 13.0. The van der Waals surface area contributed by atoms with Crippen LogP contribution in [-0.4, -0.2) is 27.5 Å². The van der Waals surface area contributed by atoms with Crippen molar-refractivity contribution in [1.29, 1.82) is 0 Å². The third-order valence-electron chi connectivity index (χ3n) is 3.49. The number of benzene rings is 2. The average molecular weight is 363 g/mol. The molecule has 0 fully saturated rings. The van der Waals surface area contributed by atoms with E-state index in [0.29, 0.717) is 18.0 Å². The van der Waals surface area contributed by atoms with Crippen LogP contribution in [0.4, 0.5) is 5.69 Å². The van der Waals surface area contributed by atoms with E-state index in [1.54, 1.807) is 36.4 Å². The molecule has 2 aromatic carbocycles. The zero-order valence-corrected chi connectivity index (χ0v) is 14.9. The van der Waals surface area contributed by atoms with Gasteiger partial charge in [0.05, 0.1) is 17.2 Å². The summed E-state index contributed by atoms with van der Waals surface area (Å²) >= 11 is 0. The van der Waals surface area contributed by atoms with Crippen LogP contribution in [0.3, 0.4) is 0 Å². The van der Waals surface area contributed by atoms with Gasteiger partial charge < -0.3 is 4.74 Å². The minimum Gasteiger partial charge on any atom is -0.494 e. The number of anilines is 1. The van der Waals surface area contributed by atoms with Crippen molar-refractivity contribution in [2.75, 3.05) is 17.5 Å². The van der Waals surface area contributed by atoms with Gasteiger partial charge in [-0.1, -0.05) is 17.7 Å². The van der Waals surface area contributed by atoms with Crippen LogP contribution in [0.1, 0.15) is 12.5 Å². The molecule has 0 aliphatic heterocycles. The average Bonchev–Trinajstić information content (AvgIpc) is 2.61. The van der Waals surface area contributed by atoms with E-state index in [-0.39, 0.29) is 4.90 Å². The van der Waals surface area contributed by atoms with E-state index in [0.717, 1.165) is 9.87 Å². The maximum Gasteiger partial charge on any atom is 0.264 e. The molecule has 0 heterocycles. The predicted molar refractivity (Wildman–Crippen MR) is 95.7 cm³/mol. The fourth-order valence-corrected chi connectivity index (χ4v) is 3.62. The summed E-state index contributed by atoms with van der Waals surface area (Å²) in [6, 6.07) is 12.9. The van der Waals surface area contributed by atoms with Crippen molar-refractivity contribution in [3.05, 3.63) is 54.1 Å². The Hall–Kier alpha value is -2.58. The molecule has 0 atom stereocenters. The molecule has 1 amide bonds. The highest BCUT2D eigenvalue weighted by atomic mass is 32.2. The van der Waals surface area contributed by atoms with Gasteiger partial charge in [0.25, 0.3) is 15.9 Å². The van der Waals surface area contributed by atoms with E-state index in [4.69, 9.17) is 10.6 Å². The number of hydrazine groups is 1. The lowest BCUT2D eigenvalue weighted by Crippen LogP contribution is -2.43. The first-order valence-electron chi connectivity index (χ1n) is 7.70. The Labute approximate surface area is 147 Å². The van der Waals surface area contributed by atoms with Crippen molar-refractivity contribution in [2.45, 2.75) is 18.7 Å². The van der Waals surface area contributed by atoms with Crippen molar-refractivity contribution >= 4 is 21.6 Å². The van der Waals surface area contributed by atoms with Gasteiger partial charge in [-0.25, -0.2) is 14.3 Å². The molecular formula is C17H21N3O4S. The van der Waals surface area contributed by atoms with Gasteiger partial charge in [0.1, 0.15) is 12.3 Å². The summed E-state index contributed by atoms with van der Waals surface area (Å²) in [5.41, 5.74) is 3.32. The van der Waals surface area contributed by atoms with Crippen LogP contribution >= 0.6 is 0 Å². The Bertz CT molecular complexity index is 818. The highest BCUT2D eigenvalue weighted by Gasteiger charge is 2.27. The Kier molecular flexibility index (Phi) is 6.00. The molecule has 0 saturated heterocycles. The number of hydrogen-bond donors (Lipinski definition) is 2. The van der Waals surface area contributed by atoms with Gasteiger partial charge in [0, 0.05) is 0 Å². The molecule has 8 heteroatoms. The molecule has 0 spiro atoms. The topological polar surface area (TPSA) is 102 Å². The molecule has 0 aromatic heterocycles. The summed E-state index contributed by atoms with van der Waals surface area (Å²) in [4.78, 5) is 11.8. The van der Waals surface area contributed by atoms with Crippen LogP contribution in [0.25, 0.3) is 0 Å². The standard InChI is InChI=1S/C17H21N3O4S/c1-3-24-15-8-10-16(11-9-15)25(22,23)20(12-17(21)19-18)14-6-4-13(2)5-7-14/h4-11H,3,12,18H2,1-2H3,(H,19,21). The number of ether oxygens (including phenoxy) is 1. The molecule has 0 unspecified atom stereocenters. The number of rotatable bonds is 7. The number of sulfonamides is 1. The van der Waals surface area contributed by atoms with Crippen LogP contribution in [-0.2, 0) is 14.8 Å². The van der Waals surface area contributed by atoms with Crippen LogP contribution in [0.2, 0.25) is 0 Å². The lowest BCUT2D eigenvalue weighted by Gasteiger charge is -2.24. The van der Waals surface area contributed by atoms with Gasteiger partial charge >= 0.3 is 0 Å². The smallest absolute Gasteiger partial charge is 0.264 e. The fourth-order valence-electron chi connectivity index (χ4n) is 2.20. The summed E-state index contributed by atoms with van der Waals surface area (Å²) in [6.45, 7) is 3.80. The van der Waals surface area contributed by atoms with Crippen LogP contribution in [0.5, 0.6) is 5.75 Å². The molecule has 0 aliphatic rings. The Balaban J connectivity index is 2.43. The van der Waals surface area contributed by atoms with Crippen LogP contribution in [0.15, 0.2) is 53.4 Å². The first kappa shape index (κ1) is 18.8. The van der Waals surface area contributed by atoms with E-state index >= 15 is 0 Å². The zero-order valence-electron chi connectivity index (χ0n) is 14.1. The number of aryl methyl sites for hydroxylation is 1. The van der Waals surface area contributed by atoms with Gasteiger partial charge in [-0.2, -0.15) is 0 Å². The number of carbonyl (C=O) groups excluding carboxylic acids is 1. The molecule has 2 rings (SSSR count). The van der Waals surface area contributed by atoms with Gasteiger partial charge in [-0.05, 0) is 50.2 Å². The molecule has 0 radical (unpaired) electrons. The maximum atomic E-state index is 13.0. The van der Waals surface area contributed by atoms with E-state index in [2.05, 4.69) is 0 Å². The third kappa shape index (κ3) is 4.49. The molecular weight excluding hydrogens is 342 g/mol. The lowest BCUT2D eigenvalue weighted by atomic mass is 10.2. The second-order valence-corrected chi connectivity index (χ2v) is 7.18. The minimum atomic E-state index is -3.94. The highest BCUT2D eigenvalue weighted by Crippen LogP contribution is 2.25. The largest absolute Gasteiger partial charge is 0.494 e. The molecule has 0 saturated carbocycles. The first-order chi connectivity index (χ1) is 11.9. The Morgan fingerprint density at radius 3 is 2.24 bits per heavy atom. The SMILES string of the molecule is CCOc1ccc(S(=O)(=O)N(CC(=O)NN)c2ccc(C)cc2)cc1. The molecule has 134 valence electrons. The number of nitrogens with zero attached hydrogens (tertiary/aromatic N) is 1. The van der Waals surface area contributed by atoms with E-state index in [9.17, 15) is 13.2 Å². The fraction of sp³-hybridized carbons (Fsp3) is 0.235. The molecule has 25 heavy (non-hydrogen) atoms.